The Morgan fingerprint density at radius 3 is 2.58 bits per heavy atom. The van der Waals surface area contributed by atoms with Gasteiger partial charge in [-0.3, -0.25) is 4.72 Å². The second kappa shape index (κ2) is 8.20. The van der Waals surface area contributed by atoms with Crippen molar-refractivity contribution in [1.82, 2.24) is 4.98 Å². The van der Waals surface area contributed by atoms with Crippen molar-refractivity contribution in [3.8, 4) is 0 Å². The Hall–Kier alpha value is -1.89. The predicted octanol–water partition coefficient (Wildman–Crippen LogP) is 5.33. The van der Waals surface area contributed by atoms with Crippen LogP contribution in [0.4, 0.5) is 5.13 Å². The molecule has 1 heterocycles. The van der Waals surface area contributed by atoms with Crippen LogP contribution in [0.25, 0.3) is 0 Å². The number of hydrogen-bond donors (Lipinski definition) is 1. The molecule has 0 unspecified atom stereocenters. The third-order valence-electron chi connectivity index (χ3n) is 4.22. The first-order valence-electron chi connectivity index (χ1n) is 8.25. The van der Waals surface area contributed by atoms with E-state index in [1.807, 2.05) is 18.2 Å². The summed E-state index contributed by atoms with van der Waals surface area (Å²) in [7, 11) is -3.70. The normalized spacial score (nSPS) is 12.7. The van der Waals surface area contributed by atoms with Crippen molar-refractivity contribution in [2.45, 2.75) is 30.6 Å². The molecule has 1 atom stereocenters. The molecule has 0 saturated heterocycles. The SMILES string of the molecule is CC[C@@H](Cc1ccc(S(=O)(=O)Nc2nccs2)cc1Cl)c1ccccc1. The summed E-state index contributed by atoms with van der Waals surface area (Å²) in [5, 5.41) is 2.50. The van der Waals surface area contributed by atoms with Gasteiger partial charge < -0.3 is 0 Å². The molecule has 4 nitrogen and oxygen atoms in total. The number of anilines is 1. The average molecular weight is 407 g/mol. The second-order valence-corrected chi connectivity index (χ2v) is 8.90. The molecule has 0 radical (unpaired) electrons. The molecule has 0 saturated carbocycles. The van der Waals surface area contributed by atoms with Crippen molar-refractivity contribution in [3.05, 3.63) is 76.3 Å². The number of aromatic nitrogens is 1. The summed E-state index contributed by atoms with van der Waals surface area (Å²) in [5.74, 6) is 0.338. The van der Waals surface area contributed by atoms with Gasteiger partial charge in [0.1, 0.15) is 0 Å². The molecule has 1 aromatic heterocycles. The molecule has 0 aliphatic heterocycles. The van der Waals surface area contributed by atoms with Crippen molar-refractivity contribution in [2.75, 3.05) is 4.72 Å². The molecular formula is C19H19ClN2O2S2. The summed E-state index contributed by atoms with van der Waals surface area (Å²) >= 11 is 7.63. The molecular weight excluding hydrogens is 388 g/mol. The van der Waals surface area contributed by atoms with E-state index in [4.69, 9.17) is 11.6 Å². The van der Waals surface area contributed by atoms with E-state index < -0.39 is 10.0 Å². The predicted molar refractivity (Wildman–Crippen MR) is 108 cm³/mol. The van der Waals surface area contributed by atoms with Crippen molar-refractivity contribution in [1.29, 1.82) is 0 Å². The third-order valence-corrected chi connectivity index (χ3v) is 6.73. The standard InChI is InChI=1S/C19H19ClN2O2S2/c1-2-14(15-6-4-3-5-7-15)12-16-8-9-17(13-18(16)20)26(23,24)22-19-21-10-11-25-19/h3-11,13-14H,2,12H2,1H3,(H,21,22)/t14-/m0/s1. The van der Waals surface area contributed by atoms with Gasteiger partial charge in [0.15, 0.2) is 5.13 Å². The minimum Gasteiger partial charge on any atom is -0.255 e. The fourth-order valence-electron chi connectivity index (χ4n) is 2.80. The van der Waals surface area contributed by atoms with Crippen LogP contribution in [0, 0.1) is 0 Å². The molecule has 3 aromatic rings. The number of hydrogen-bond acceptors (Lipinski definition) is 4. The Morgan fingerprint density at radius 1 is 1.19 bits per heavy atom. The lowest BCUT2D eigenvalue weighted by Crippen LogP contribution is -2.13. The maximum absolute atomic E-state index is 12.5. The highest BCUT2D eigenvalue weighted by Gasteiger charge is 2.18. The average Bonchev–Trinajstić information content (AvgIpc) is 3.13. The molecule has 0 spiro atoms. The highest BCUT2D eigenvalue weighted by Crippen LogP contribution is 2.29. The van der Waals surface area contributed by atoms with Crippen LogP contribution in [-0.4, -0.2) is 13.4 Å². The van der Waals surface area contributed by atoms with Gasteiger partial charge in [-0.2, -0.15) is 0 Å². The van der Waals surface area contributed by atoms with Crippen LogP contribution >= 0.6 is 22.9 Å². The summed E-state index contributed by atoms with van der Waals surface area (Å²) in [6.07, 6.45) is 3.29. The molecule has 136 valence electrons. The van der Waals surface area contributed by atoms with E-state index in [1.54, 1.807) is 23.7 Å². The van der Waals surface area contributed by atoms with E-state index in [-0.39, 0.29) is 4.90 Å². The maximum Gasteiger partial charge on any atom is 0.263 e. The van der Waals surface area contributed by atoms with Gasteiger partial charge in [0.2, 0.25) is 0 Å². The first kappa shape index (κ1) is 18.9. The number of thiazole rings is 1. The number of halogens is 1. The van der Waals surface area contributed by atoms with Gasteiger partial charge in [-0.1, -0.05) is 54.9 Å². The van der Waals surface area contributed by atoms with E-state index >= 15 is 0 Å². The van der Waals surface area contributed by atoms with Crippen LogP contribution in [0.3, 0.4) is 0 Å². The fraction of sp³-hybridized carbons (Fsp3) is 0.211. The van der Waals surface area contributed by atoms with Crippen LogP contribution in [0.15, 0.2) is 65.0 Å². The maximum atomic E-state index is 12.5. The monoisotopic (exact) mass is 406 g/mol. The molecule has 26 heavy (non-hydrogen) atoms. The first-order chi connectivity index (χ1) is 12.5. The summed E-state index contributed by atoms with van der Waals surface area (Å²) in [6.45, 7) is 2.14. The molecule has 2 aromatic carbocycles. The lowest BCUT2D eigenvalue weighted by molar-refractivity contribution is 0.601. The van der Waals surface area contributed by atoms with Crippen LogP contribution < -0.4 is 4.72 Å². The fourth-order valence-corrected chi connectivity index (χ4v) is 4.93. The van der Waals surface area contributed by atoms with Crippen molar-refractivity contribution in [2.24, 2.45) is 0 Å². The minimum atomic E-state index is -3.70. The van der Waals surface area contributed by atoms with Gasteiger partial charge in [0, 0.05) is 16.6 Å². The zero-order chi connectivity index (χ0) is 18.6. The Morgan fingerprint density at radius 2 is 1.96 bits per heavy atom. The van der Waals surface area contributed by atoms with Gasteiger partial charge in [-0.05, 0) is 42.0 Å². The van der Waals surface area contributed by atoms with Crippen LogP contribution in [0.5, 0.6) is 0 Å². The van der Waals surface area contributed by atoms with Gasteiger partial charge in [0.25, 0.3) is 10.0 Å². The molecule has 0 fully saturated rings. The zero-order valence-corrected chi connectivity index (χ0v) is 16.6. The van der Waals surface area contributed by atoms with Gasteiger partial charge >= 0.3 is 0 Å². The zero-order valence-electron chi connectivity index (χ0n) is 14.2. The van der Waals surface area contributed by atoms with Crippen LogP contribution in [0.1, 0.15) is 30.4 Å². The molecule has 0 aliphatic rings. The topological polar surface area (TPSA) is 59.1 Å². The second-order valence-electron chi connectivity index (χ2n) is 5.92. The van der Waals surface area contributed by atoms with Crippen LogP contribution in [-0.2, 0) is 16.4 Å². The summed E-state index contributed by atoms with van der Waals surface area (Å²) in [4.78, 5) is 4.08. The van der Waals surface area contributed by atoms with E-state index in [0.29, 0.717) is 16.1 Å². The number of nitrogens with zero attached hydrogens (tertiary/aromatic N) is 1. The Balaban J connectivity index is 1.81. The number of sulfonamides is 1. The molecule has 3 rings (SSSR count). The summed E-state index contributed by atoms with van der Waals surface area (Å²) in [5.41, 5.74) is 2.20. The number of rotatable bonds is 7. The van der Waals surface area contributed by atoms with E-state index in [2.05, 4.69) is 28.8 Å². The van der Waals surface area contributed by atoms with E-state index in [9.17, 15) is 8.42 Å². The Bertz CT molecular complexity index is 958. The van der Waals surface area contributed by atoms with Gasteiger partial charge in [-0.25, -0.2) is 13.4 Å². The highest BCUT2D eigenvalue weighted by atomic mass is 35.5. The van der Waals surface area contributed by atoms with Gasteiger partial charge in [-0.15, -0.1) is 11.3 Å². The van der Waals surface area contributed by atoms with Crippen molar-refractivity contribution >= 4 is 38.1 Å². The lowest BCUT2D eigenvalue weighted by atomic mass is 9.90. The minimum absolute atomic E-state index is 0.134. The quantitative estimate of drug-likeness (QED) is 0.576. The smallest absolute Gasteiger partial charge is 0.255 e. The van der Waals surface area contributed by atoms with Crippen molar-refractivity contribution in [3.63, 3.8) is 0 Å². The highest BCUT2D eigenvalue weighted by molar-refractivity contribution is 7.93. The van der Waals surface area contributed by atoms with Gasteiger partial charge in [0.05, 0.1) is 4.90 Å². The Kier molecular flexibility index (Phi) is 5.96. The van der Waals surface area contributed by atoms with Crippen LogP contribution in [0.2, 0.25) is 5.02 Å². The first-order valence-corrected chi connectivity index (χ1v) is 11.0. The largest absolute Gasteiger partial charge is 0.263 e. The van der Waals surface area contributed by atoms with E-state index in [1.165, 1.54) is 23.0 Å². The van der Waals surface area contributed by atoms with Crippen molar-refractivity contribution < 1.29 is 8.42 Å². The molecule has 0 amide bonds. The molecule has 0 aliphatic carbocycles. The molecule has 1 N–H and O–H groups in total. The summed E-state index contributed by atoms with van der Waals surface area (Å²) in [6, 6.07) is 15.2. The number of nitrogens with one attached hydrogen (secondary N) is 1. The lowest BCUT2D eigenvalue weighted by Gasteiger charge is -2.17. The Labute approximate surface area is 162 Å². The summed E-state index contributed by atoms with van der Waals surface area (Å²) < 4.78 is 27.4. The molecule has 0 bridgehead atoms. The molecule has 7 heteroatoms. The van der Waals surface area contributed by atoms with E-state index in [0.717, 1.165) is 18.4 Å². The number of benzene rings is 2. The third kappa shape index (κ3) is 4.44.